The molecule has 82 valence electrons. The molecule has 1 heterocycles. The molecule has 0 radical (unpaired) electrons. The van der Waals surface area contributed by atoms with Crippen molar-refractivity contribution >= 4 is 5.71 Å². The highest BCUT2D eigenvalue weighted by atomic mass is 16.4. The lowest BCUT2D eigenvalue weighted by atomic mass is 10.1. The predicted octanol–water partition coefficient (Wildman–Crippen LogP) is 1.87. The van der Waals surface area contributed by atoms with Crippen LogP contribution < -0.4 is 5.63 Å². The van der Waals surface area contributed by atoms with Gasteiger partial charge >= 0.3 is 5.63 Å². The highest BCUT2D eigenvalue weighted by Gasteiger charge is 2.12. The number of aryl methyl sites for hydroxylation is 1. The summed E-state index contributed by atoms with van der Waals surface area (Å²) in [4.78, 5) is 15.6. The zero-order chi connectivity index (χ0) is 11.4. The van der Waals surface area contributed by atoms with Crippen LogP contribution in [0.5, 0.6) is 5.75 Å². The third-order valence-electron chi connectivity index (χ3n) is 1.99. The SMILES string of the molecule is CCCN=C(C)c1c(O)cc(C)oc1=O. The Morgan fingerprint density at radius 2 is 2.27 bits per heavy atom. The van der Waals surface area contributed by atoms with Crippen molar-refractivity contribution < 1.29 is 9.52 Å². The van der Waals surface area contributed by atoms with E-state index in [1.807, 2.05) is 6.92 Å². The van der Waals surface area contributed by atoms with Crippen molar-refractivity contribution in [2.75, 3.05) is 6.54 Å². The van der Waals surface area contributed by atoms with Gasteiger partial charge in [-0.05, 0) is 20.3 Å². The quantitative estimate of drug-likeness (QED) is 0.773. The van der Waals surface area contributed by atoms with Gasteiger partial charge in [-0.2, -0.15) is 0 Å². The maximum Gasteiger partial charge on any atom is 0.348 e. The van der Waals surface area contributed by atoms with Gasteiger partial charge in [0.05, 0.1) is 5.71 Å². The third kappa shape index (κ3) is 2.68. The van der Waals surface area contributed by atoms with Gasteiger partial charge in [-0.15, -0.1) is 0 Å². The molecule has 15 heavy (non-hydrogen) atoms. The summed E-state index contributed by atoms with van der Waals surface area (Å²) in [5, 5.41) is 9.60. The van der Waals surface area contributed by atoms with Crippen molar-refractivity contribution in [3.05, 3.63) is 27.8 Å². The number of aliphatic imine (C=N–C) groups is 1. The number of aromatic hydroxyl groups is 1. The largest absolute Gasteiger partial charge is 0.507 e. The highest BCUT2D eigenvalue weighted by molar-refractivity contribution is 6.00. The van der Waals surface area contributed by atoms with Crippen LogP contribution in [0.4, 0.5) is 0 Å². The van der Waals surface area contributed by atoms with Gasteiger partial charge in [0.15, 0.2) is 0 Å². The minimum Gasteiger partial charge on any atom is -0.507 e. The standard InChI is InChI=1S/C11H15NO3/c1-4-5-12-8(3)10-9(13)6-7(2)15-11(10)14/h6,13H,4-5H2,1-3H3. The molecule has 0 bridgehead atoms. The zero-order valence-electron chi connectivity index (χ0n) is 9.20. The summed E-state index contributed by atoms with van der Waals surface area (Å²) in [6, 6.07) is 1.42. The van der Waals surface area contributed by atoms with Gasteiger partial charge in [-0.3, -0.25) is 4.99 Å². The van der Waals surface area contributed by atoms with E-state index in [0.717, 1.165) is 6.42 Å². The highest BCUT2D eigenvalue weighted by Crippen LogP contribution is 2.15. The van der Waals surface area contributed by atoms with E-state index in [9.17, 15) is 9.90 Å². The summed E-state index contributed by atoms with van der Waals surface area (Å²) in [6.07, 6.45) is 0.898. The summed E-state index contributed by atoms with van der Waals surface area (Å²) in [6.45, 7) is 5.94. The van der Waals surface area contributed by atoms with Gasteiger partial charge in [0, 0.05) is 12.6 Å². The smallest absolute Gasteiger partial charge is 0.348 e. The summed E-state index contributed by atoms with van der Waals surface area (Å²) in [7, 11) is 0. The molecule has 4 heteroatoms. The van der Waals surface area contributed by atoms with Crippen LogP contribution in [0, 0.1) is 6.92 Å². The number of hydrogen-bond donors (Lipinski definition) is 1. The number of rotatable bonds is 3. The molecule has 1 aromatic heterocycles. The molecule has 0 unspecified atom stereocenters. The Labute approximate surface area is 88.3 Å². The maximum absolute atomic E-state index is 11.5. The second-order valence-corrected chi connectivity index (χ2v) is 3.37. The monoisotopic (exact) mass is 209 g/mol. The van der Waals surface area contributed by atoms with E-state index in [-0.39, 0.29) is 11.3 Å². The third-order valence-corrected chi connectivity index (χ3v) is 1.99. The minimum absolute atomic E-state index is 0.0684. The van der Waals surface area contributed by atoms with Crippen molar-refractivity contribution in [2.45, 2.75) is 27.2 Å². The Balaban J connectivity index is 3.20. The average Bonchev–Trinajstić information content (AvgIpc) is 2.12. The lowest BCUT2D eigenvalue weighted by Gasteiger charge is -2.02. The molecule has 1 N–H and O–H groups in total. The van der Waals surface area contributed by atoms with Crippen molar-refractivity contribution in [2.24, 2.45) is 4.99 Å². The van der Waals surface area contributed by atoms with Gasteiger partial charge in [0.2, 0.25) is 0 Å². The second-order valence-electron chi connectivity index (χ2n) is 3.37. The Hall–Kier alpha value is -1.58. The normalized spacial score (nSPS) is 11.8. The molecule has 1 rings (SSSR count). The fourth-order valence-electron chi connectivity index (χ4n) is 1.29. The van der Waals surface area contributed by atoms with Crippen LogP contribution in [-0.4, -0.2) is 17.4 Å². The Bertz CT molecular complexity index is 432. The topological polar surface area (TPSA) is 62.8 Å². The van der Waals surface area contributed by atoms with E-state index in [1.165, 1.54) is 6.07 Å². The molecule has 1 aromatic rings. The van der Waals surface area contributed by atoms with E-state index >= 15 is 0 Å². The lowest BCUT2D eigenvalue weighted by Crippen LogP contribution is -2.13. The van der Waals surface area contributed by atoms with E-state index in [0.29, 0.717) is 18.0 Å². The van der Waals surface area contributed by atoms with Crippen LogP contribution in [0.3, 0.4) is 0 Å². The van der Waals surface area contributed by atoms with Crippen molar-refractivity contribution in [3.63, 3.8) is 0 Å². The predicted molar refractivity (Wildman–Crippen MR) is 58.7 cm³/mol. The first-order valence-corrected chi connectivity index (χ1v) is 4.91. The molecule has 0 amide bonds. The molecule has 0 aliphatic heterocycles. The van der Waals surface area contributed by atoms with Crippen molar-refractivity contribution in [1.82, 2.24) is 0 Å². The van der Waals surface area contributed by atoms with Crippen LogP contribution in [0.25, 0.3) is 0 Å². The molecule has 0 saturated carbocycles. The van der Waals surface area contributed by atoms with Crippen LogP contribution in [0.2, 0.25) is 0 Å². The van der Waals surface area contributed by atoms with Gasteiger partial charge < -0.3 is 9.52 Å². The van der Waals surface area contributed by atoms with Gasteiger partial charge in [-0.25, -0.2) is 4.79 Å². The van der Waals surface area contributed by atoms with E-state index in [4.69, 9.17) is 4.42 Å². The molecular formula is C11H15NO3. The fraction of sp³-hybridized carbons (Fsp3) is 0.455. The Morgan fingerprint density at radius 1 is 1.60 bits per heavy atom. The van der Waals surface area contributed by atoms with Gasteiger partial charge in [0.25, 0.3) is 0 Å². The van der Waals surface area contributed by atoms with Crippen LogP contribution in [-0.2, 0) is 0 Å². The first-order chi connectivity index (χ1) is 7.06. The first kappa shape index (κ1) is 11.5. The molecule has 0 saturated heterocycles. The van der Waals surface area contributed by atoms with E-state index in [2.05, 4.69) is 4.99 Å². The molecule has 0 aliphatic carbocycles. The number of hydrogen-bond acceptors (Lipinski definition) is 4. The lowest BCUT2D eigenvalue weighted by molar-refractivity contribution is 0.432. The minimum atomic E-state index is -0.537. The first-order valence-electron chi connectivity index (χ1n) is 4.91. The van der Waals surface area contributed by atoms with Crippen molar-refractivity contribution in [1.29, 1.82) is 0 Å². The summed E-state index contributed by atoms with van der Waals surface area (Å²) in [5.41, 5.74) is 0.141. The summed E-state index contributed by atoms with van der Waals surface area (Å²) in [5.74, 6) is 0.325. The molecule has 4 nitrogen and oxygen atoms in total. The maximum atomic E-state index is 11.5. The van der Waals surface area contributed by atoms with E-state index in [1.54, 1.807) is 13.8 Å². The van der Waals surface area contributed by atoms with Crippen molar-refractivity contribution in [3.8, 4) is 5.75 Å². The zero-order valence-corrected chi connectivity index (χ0v) is 9.20. The van der Waals surface area contributed by atoms with Gasteiger partial charge in [-0.1, -0.05) is 6.92 Å². The summed E-state index contributed by atoms with van der Waals surface area (Å²) >= 11 is 0. The van der Waals surface area contributed by atoms with Crippen LogP contribution in [0.1, 0.15) is 31.6 Å². The Kier molecular flexibility index (Phi) is 3.66. The molecule has 0 fully saturated rings. The molecule has 0 aliphatic rings. The molecule has 0 atom stereocenters. The summed E-state index contributed by atoms with van der Waals surface area (Å²) < 4.78 is 4.89. The van der Waals surface area contributed by atoms with Crippen LogP contribution >= 0.6 is 0 Å². The Morgan fingerprint density at radius 3 is 2.80 bits per heavy atom. The fourth-order valence-corrected chi connectivity index (χ4v) is 1.29. The average molecular weight is 209 g/mol. The molecular weight excluding hydrogens is 194 g/mol. The van der Waals surface area contributed by atoms with Crippen LogP contribution in [0.15, 0.2) is 20.3 Å². The van der Waals surface area contributed by atoms with E-state index < -0.39 is 5.63 Å². The molecule has 0 spiro atoms. The second kappa shape index (κ2) is 4.77. The van der Waals surface area contributed by atoms with Gasteiger partial charge in [0.1, 0.15) is 17.1 Å². The molecule has 0 aromatic carbocycles. The number of nitrogens with zero attached hydrogens (tertiary/aromatic N) is 1.